The van der Waals surface area contributed by atoms with Crippen molar-refractivity contribution in [2.45, 2.75) is 69.6 Å². The molecule has 5 rings (SSSR count). The number of rotatable bonds is 11. The number of carboxylic acids is 1. The van der Waals surface area contributed by atoms with Crippen molar-refractivity contribution in [2.75, 3.05) is 32.2 Å². The largest absolute Gasteiger partial charge is 0.496 e. The van der Waals surface area contributed by atoms with E-state index in [-0.39, 0.29) is 12.3 Å². The van der Waals surface area contributed by atoms with Crippen molar-refractivity contribution < 1.29 is 19.4 Å². The Balaban J connectivity index is 1.25. The maximum atomic E-state index is 11.8. The lowest BCUT2D eigenvalue weighted by Gasteiger charge is -2.25. The predicted molar refractivity (Wildman–Crippen MR) is 150 cm³/mol. The maximum absolute atomic E-state index is 11.8. The molecule has 2 aromatic heterocycles. The summed E-state index contributed by atoms with van der Waals surface area (Å²) in [6.07, 6.45) is 7.66. The topological polar surface area (TPSA) is 93.6 Å². The normalized spacial score (nSPS) is 16.4. The Bertz CT molecular complexity index is 1240. The number of benzene rings is 1. The van der Waals surface area contributed by atoms with Gasteiger partial charge in [-0.25, -0.2) is 9.97 Å². The van der Waals surface area contributed by atoms with E-state index in [0.29, 0.717) is 12.3 Å². The molecule has 2 aliphatic heterocycles. The zero-order valence-corrected chi connectivity index (χ0v) is 22.9. The van der Waals surface area contributed by atoms with E-state index in [1.165, 1.54) is 17.5 Å². The summed E-state index contributed by atoms with van der Waals surface area (Å²) in [5.41, 5.74) is 5.58. The number of anilines is 1. The van der Waals surface area contributed by atoms with Gasteiger partial charge in [0.1, 0.15) is 11.6 Å². The molecule has 1 fully saturated rings. The van der Waals surface area contributed by atoms with Gasteiger partial charge in [0.25, 0.3) is 0 Å². The van der Waals surface area contributed by atoms with Gasteiger partial charge in [-0.2, -0.15) is 0 Å². The number of methoxy groups -OCH3 is 1. The number of ether oxygens (including phenoxy) is 2. The van der Waals surface area contributed by atoms with Crippen LogP contribution in [-0.4, -0.2) is 47.9 Å². The molecule has 1 aromatic carbocycles. The Morgan fingerprint density at radius 2 is 2.05 bits per heavy atom. The van der Waals surface area contributed by atoms with Gasteiger partial charge in [0.05, 0.1) is 24.2 Å². The molecule has 1 atom stereocenters. The third-order valence-corrected chi connectivity index (χ3v) is 8.59. The van der Waals surface area contributed by atoms with Crippen LogP contribution in [0.15, 0.2) is 35.7 Å². The quantitative estimate of drug-likeness (QED) is 0.322. The number of thiazole rings is 1. The van der Waals surface area contributed by atoms with Gasteiger partial charge in [-0.15, -0.1) is 11.3 Å². The molecule has 202 valence electrons. The summed E-state index contributed by atoms with van der Waals surface area (Å²) in [7, 11) is 1.65. The maximum Gasteiger partial charge on any atom is 0.303 e. The second kappa shape index (κ2) is 12.7. The number of hydrogen-bond acceptors (Lipinski definition) is 7. The predicted octanol–water partition coefficient (Wildman–Crippen LogP) is 5.78. The van der Waals surface area contributed by atoms with E-state index in [9.17, 15) is 9.90 Å². The van der Waals surface area contributed by atoms with Gasteiger partial charge in [0, 0.05) is 36.8 Å². The van der Waals surface area contributed by atoms with Crippen LogP contribution in [0.2, 0.25) is 0 Å². The van der Waals surface area contributed by atoms with Gasteiger partial charge >= 0.3 is 5.97 Å². The van der Waals surface area contributed by atoms with E-state index in [1.807, 2.05) is 6.07 Å². The van der Waals surface area contributed by atoms with Crippen molar-refractivity contribution >= 4 is 23.1 Å². The fourth-order valence-electron chi connectivity index (χ4n) is 5.60. The van der Waals surface area contributed by atoms with Crippen molar-refractivity contribution in [3.05, 3.63) is 68.8 Å². The molecule has 1 saturated heterocycles. The van der Waals surface area contributed by atoms with Crippen LogP contribution >= 0.6 is 11.3 Å². The fraction of sp³-hybridized carbons (Fsp3) is 0.500. The highest BCUT2D eigenvalue weighted by atomic mass is 32.1. The number of aryl methyl sites for hydroxylation is 3. The summed E-state index contributed by atoms with van der Waals surface area (Å²) in [6.45, 7) is 2.54. The lowest BCUT2D eigenvalue weighted by molar-refractivity contribution is -0.137. The summed E-state index contributed by atoms with van der Waals surface area (Å²) >= 11 is 1.66. The Labute approximate surface area is 228 Å². The van der Waals surface area contributed by atoms with E-state index in [2.05, 4.69) is 35.0 Å². The van der Waals surface area contributed by atoms with E-state index in [4.69, 9.17) is 19.4 Å². The lowest BCUT2D eigenvalue weighted by Crippen LogP contribution is -2.15. The first-order valence-corrected chi connectivity index (χ1v) is 14.6. The lowest BCUT2D eigenvalue weighted by atomic mass is 9.85. The Morgan fingerprint density at radius 1 is 1.18 bits per heavy atom. The number of nitrogens with one attached hydrogen (secondary N) is 1. The van der Waals surface area contributed by atoms with Crippen molar-refractivity contribution in [1.82, 2.24) is 9.97 Å². The van der Waals surface area contributed by atoms with Gasteiger partial charge in [-0.05, 0) is 86.1 Å². The van der Waals surface area contributed by atoms with Crippen LogP contribution in [0.4, 0.5) is 5.82 Å². The van der Waals surface area contributed by atoms with Crippen molar-refractivity contribution in [3.8, 4) is 5.75 Å². The van der Waals surface area contributed by atoms with Crippen molar-refractivity contribution in [2.24, 2.45) is 0 Å². The fourth-order valence-corrected chi connectivity index (χ4v) is 6.45. The van der Waals surface area contributed by atoms with E-state index >= 15 is 0 Å². The van der Waals surface area contributed by atoms with E-state index in [0.717, 1.165) is 91.8 Å². The third kappa shape index (κ3) is 6.72. The summed E-state index contributed by atoms with van der Waals surface area (Å²) in [6, 6.07) is 10.6. The summed E-state index contributed by atoms with van der Waals surface area (Å²) < 4.78 is 11.2. The molecule has 0 radical (unpaired) electrons. The molecule has 1 unspecified atom stereocenters. The first-order chi connectivity index (χ1) is 18.6. The van der Waals surface area contributed by atoms with Crippen molar-refractivity contribution in [1.29, 1.82) is 0 Å². The first-order valence-electron chi connectivity index (χ1n) is 13.7. The van der Waals surface area contributed by atoms with Gasteiger partial charge in [0.15, 0.2) is 0 Å². The van der Waals surface area contributed by atoms with Crippen LogP contribution in [0, 0.1) is 0 Å². The molecule has 0 spiro atoms. The highest BCUT2D eigenvalue weighted by Gasteiger charge is 2.24. The highest BCUT2D eigenvalue weighted by molar-refractivity contribution is 7.09. The zero-order valence-electron chi connectivity index (χ0n) is 22.1. The Hall–Kier alpha value is -2.97. The minimum atomic E-state index is -0.809. The third-order valence-electron chi connectivity index (χ3n) is 7.64. The average molecular weight is 536 g/mol. The van der Waals surface area contributed by atoms with Crippen LogP contribution < -0.4 is 10.1 Å². The molecule has 2 aliphatic rings. The van der Waals surface area contributed by atoms with Crippen LogP contribution in [0.3, 0.4) is 0 Å². The SMILES string of the molecule is COc1ccc(C2CCOCC2)cc1C(CC(=O)O)Cc1csc(CCCc2ccc3c(n2)NCCC3)n1. The number of pyridine rings is 1. The Morgan fingerprint density at radius 3 is 2.87 bits per heavy atom. The number of aliphatic carboxylic acids is 1. The standard InChI is InChI=1S/C30H37N3O4S/c1-36-27-10-8-22(20-11-14-37-15-12-20)17-26(27)23(18-29(34)35)16-25-19-38-28(32-25)6-2-5-24-9-7-21-4-3-13-31-30(21)33-24/h7-10,17,19-20,23H,2-6,11-16,18H2,1H3,(H,31,33)(H,34,35). The molecule has 38 heavy (non-hydrogen) atoms. The first kappa shape index (κ1) is 26.6. The molecule has 0 saturated carbocycles. The number of aromatic nitrogens is 2. The average Bonchev–Trinajstić information content (AvgIpc) is 3.39. The van der Waals surface area contributed by atoms with Gasteiger partial charge in [-0.1, -0.05) is 18.2 Å². The minimum Gasteiger partial charge on any atom is -0.496 e. The summed E-state index contributed by atoms with van der Waals surface area (Å²) in [4.78, 5) is 21.5. The van der Waals surface area contributed by atoms with Gasteiger partial charge in [-0.3, -0.25) is 4.79 Å². The summed E-state index contributed by atoms with van der Waals surface area (Å²) in [5.74, 6) is 1.21. The summed E-state index contributed by atoms with van der Waals surface area (Å²) in [5, 5.41) is 16.3. The van der Waals surface area contributed by atoms with Crippen LogP contribution in [-0.2, 0) is 35.2 Å². The van der Waals surface area contributed by atoms with Gasteiger partial charge < -0.3 is 19.9 Å². The molecule has 0 aliphatic carbocycles. The van der Waals surface area contributed by atoms with Crippen molar-refractivity contribution in [3.63, 3.8) is 0 Å². The number of nitrogens with zero attached hydrogens (tertiary/aromatic N) is 2. The van der Waals surface area contributed by atoms with Gasteiger partial charge in [0.2, 0.25) is 0 Å². The molecule has 2 N–H and O–H groups in total. The molecule has 8 heteroatoms. The Kier molecular flexibility index (Phi) is 8.91. The molecule has 4 heterocycles. The second-order valence-electron chi connectivity index (χ2n) is 10.3. The number of carboxylic acid groups (broad SMARTS) is 1. The number of fused-ring (bicyclic) bond motifs is 1. The molecule has 7 nitrogen and oxygen atoms in total. The molecular weight excluding hydrogens is 498 g/mol. The zero-order chi connectivity index (χ0) is 26.3. The second-order valence-corrected chi connectivity index (χ2v) is 11.3. The number of hydrogen-bond donors (Lipinski definition) is 2. The molecule has 3 aromatic rings. The highest BCUT2D eigenvalue weighted by Crippen LogP contribution is 2.37. The molecule has 0 amide bonds. The van der Waals surface area contributed by atoms with Crippen LogP contribution in [0.5, 0.6) is 5.75 Å². The van der Waals surface area contributed by atoms with Crippen LogP contribution in [0.1, 0.15) is 77.0 Å². The van der Waals surface area contributed by atoms with Crippen LogP contribution in [0.25, 0.3) is 0 Å². The molecular formula is C30H37N3O4S. The van der Waals surface area contributed by atoms with E-state index in [1.54, 1.807) is 18.4 Å². The minimum absolute atomic E-state index is 0.0402. The smallest absolute Gasteiger partial charge is 0.303 e. The van der Waals surface area contributed by atoms with E-state index < -0.39 is 5.97 Å². The number of carbonyl (C=O) groups is 1. The molecule has 0 bridgehead atoms. The monoisotopic (exact) mass is 535 g/mol.